The van der Waals surface area contributed by atoms with Crippen LogP contribution in [0.15, 0.2) is 64.0 Å². The molecule has 9 nitrogen and oxygen atoms in total. The molecule has 0 N–H and O–H groups in total. The van der Waals surface area contributed by atoms with Crippen LogP contribution in [-0.2, 0) is 6.54 Å². The summed E-state index contributed by atoms with van der Waals surface area (Å²) in [6.07, 6.45) is 6.02. The number of amides is 1. The maximum atomic E-state index is 12.6. The quantitative estimate of drug-likeness (QED) is 0.372. The predicted octanol–water partition coefficient (Wildman–Crippen LogP) is 4.32. The maximum Gasteiger partial charge on any atom is 0.292 e. The lowest BCUT2D eigenvalue weighted by molar-refractivity contribution is 0.0576. The van der Waals surface area contributed by atoms with Crippen LogP contribution in [0.4, 0.5) is 0 Å². The molecule has 0 aliphatic carbocycles. The largest absolute Gasteiger partial charge is 0.464 e. The zero-order valence-electron chi connectivity index (χ0n) is 18.0. The molecule has 6 heterocycles. The van der Waals surface area contributed by atoms with Crippen molar-refractivity contribution in [1.82, 2.24) is 24.9 Å². The standard InChI is InChI=1S/C24H19N5O4S/c30-23(19-5-7-26-33-19)29-12-15-8-16(29)11-28(15)10-14-13-31-20-9-17(3-4-18(14)20)32-24-27-22-21(34-24)2-1-6-25-22/h1-7,9,13,15-16H,8,10-12H2. The lowest BCUT2D eigenvalue weighted by atomic mass is 10.1. The SMILES string of the molecule is O=C(c1ccno1)N1CC2CC1CN2Cc1coc2cc(Oc3nc4ncccc4s3)ccc12. The van der Waals surface area contributed by atoms with Crippen LogP contribution in [0.25, 0.3) is 21.3 Å². The van der Waals surface area contributed by atoms with Gasteiger partial charge in [-0.1, -0.05) is 16.5 Å². The molecule has 0 spiro atoms. The van der Waals surface area contributed by atoms with Gasteiger partial charge in [0.05, 0.1) is 17.2 Å². The maximum absolute atomic E-state index is 12.6. The van der Waals surface area contributed by atoms with Crippen LogP contribution in [0.1, 0.15) is 22.5 Å². The van der Waals surface area contributed by atoms with E-state index in [0.717, 1.165) is 40.7 Å². The Morgan fingerprint density at radius 3 is 2.97 bits per heavy atom. The van der Waals surface area contributed by atoms with Crippen molar-refractivity contribution < 1.29 is 18.5 Å². The summed E-state index contributed by atoms with van der Waals surface area (Å²) in [7, 11) is 0. The first-order valence-electron chi connectivity index (χ1n) is 11.1. The number of thiazole rings is 1. The number of likely N-dealkylation sites (tertiary alicyclic amines) is 2. The molecular formula is C24H19N5O4S. The Bertz CT molecular complexity index is 1480. The van der Waals surface area contributed by atoms with E-state index in [0.29, 0.717) is 34.9 Å². The van der Waals surface area contributed by atoms with Gasteiger partial charge in [-0.2, -0.15) is 4.98 Å². The summed E-state index contributed by atoms with van der Waals surface area (Å²) < 4.78 is 17.9. The van der Waals surface area contributed by atoms with Crippen LogP contribution in [-0.4, -0.2) is 56.0 Å². The van der Waals surface area contributed by atoms with Gasteiger partial charge in [0.25, 0.3) is 11.1 Å². The second-order valence-corrected chi connectivity index (χ2v) is 9.63. The molecule has 2 aliphatic heterocycles. The average molecular weight is 474 g/mol. The number of aromatic nitrogens is 3. The van der Waals surface area contributed by atoms with Gasteiger partial charge in [-0.25, -0.2) is 4.98 Å². The first-order chi connectivity index (χ1) is 16.7. The lowest BCUT2D eigenvalue weighted by Crippen LogP contribution is -2.48. The van der Waals surface area contributed by atoms with E-state index in [9.17, 15) is 4.79 Å². The Kier molecular flexibility index (Phi) is 4.42. The molecule has 10 heteroatoms. The molecular weight excluding hydrogens is 454 g/mol. The number of rotatable bonds is 5. The van der Waals surface area contributed by atoms with Crippen molar-refractivity contribution in [2.24, 2.45) is 0 Å². The number of pyridine rings is 1. The molecule has 2 saturated heterocycles. The van der Waals surface area contributed by atoms with Crippen molar-refractivity contribution in [3.8, 4) is 10.9 Å². The van der Waals surface area contributed by atoms with Gasteiger partial charge in [-0.15, -0.1) is 0 Å². The third-order valence-electron chi connectivity index (χ3n) is 6.61. The molecule has 5 aromatic rings. The number of furan rings is 1. The Labute approximate surface area is 197 Å². The van der Waals surface area contributed by atoms with E-state index in [1.807, 2.05) is 41.5 Å². The van der Waals surface area contributed by atoms with E-state index in [1.165, 1.54) is 17.5 Å². The third kappa shape index (κ3) is 3.25. The van der Waals surface area contributed by atoms with Crippen molar-refractivity contribution >= 4 is 38.6 Å². The molecule has 2 bridgehead atoms. The van der Waals surface area contributed by atoms with Crippen molar-refractivity contribution in [2.45, 2.75) is 25.0 Å². The molecule has 1 aromatic carbocycles. The zero-order chi connectivity index (χ0) is 22.6. The highest BCUT2D eigenvalue weighted by Crippen LogP contribution is 2.36. The molecule has 2 fully saturated rings. The van der Waals surface area contributed by atoms with Crippen molar-refractivity contribution in [2.75, 3.05) is 13.1 Å². The Hall–Kier alpha value is -3.76. The van der Waals surface area contributed by atoms with Gasteiger partial charge in [-0.05, 0) is 30.7 Å². The Morgan fingerprint density at radius 2 is 2.15 bits per heavy atom. The summed E-state index contributed by atoms with van der Waals surface area (Å²) in [5.41, 5.74) is 2.59. The second-order valence-electron chi connectivity index (χ2n) is 8.63. The molecule has 0 radical (unpaired) electrons. The normalized spacial score (nSPS) is 20.1. The van der Waals surface area contributed by atoms with E-state index in [4.69, 9.17) is 13.7 Å². The van der Waals surface area contributed by atoms with Gasteiger partial charge in [0.1, 0.15) is 11.3 Å². The number of nitrogens with zero attached hydrogens (tertiary/aromatic N) is 5. The van der Waals surface area contributed by atoms with Gasteiger partial charge < -0.3 is 18.6 Å². The number of carbonyl (C=O) groups excluding carboxylic acids is 1. The minimum absolute atomic E-state index is 0.0742. The number of ether oxygens (including phenoxy) is 1. The van der Waals surface area contributed by atoms with Gasteiger partial charge in [0.15, 0.2) is 5.65 Å². The zero-order valence-corrected chi connectivity index (χ0v) is 18.8. The van der Waals surface area contributed by atoms with Gasteiger partial charge in [0, 0.05) is 61.0 Å². The average Bonchev–Trinajstić information content (AvgIpc) is 3.67. The monoisotopic (exact) mass is 473 g/mol. The van der Waals surface area contributed by atoms with E-state index in [1.54, 1.807) is 12.3 Å². The summed E-state index contributed by atoms with van der Waals surface area (Å²) in [6, 6.07) is 11.9. The van der Waals surface area contributed by atoms with Crippen molar-refractivity contribution in [1.29, 1.82) is 0 Å². The summed E-state index contributed by atoms with van der Waals surface area (Å²) in [6.45, 7) is 2.32. The predicted molar refractivity (Wildman–Crippen MR) is 124 cm³/mol. The number of hydrogen-bond donors (Lipinski definition) is 0. The number of hydrogen-bond acceptors (Lipinski definition) is 9. The van der Waals surface area contributed by atoms with Gasteiger partial charge >= 0.3 is 0 Å². The lowest BCUT2D eigenvalue weighted by Gasteiger charge is -2.33. The highest BCUT2D eigenvalue weighted by molar-refractivity contribution is 7.20. The summed E-state index contributed by atoms with van der Waals surface area (Å²) >= 11 is 1.46. The van der Waals surface area contributed by atoms with Crippen LogP contribution >= 0.6 is 11.3 Å². The third-order valence-corrected chi connectivity index (χ3v) is 7.50. The fourth-order valence-electron chi connectivity index (χ4n) is 5.02. The highest BCUT2D eigenvalue weighted by atomic mass is 32.1. The molecule has 34 heavy (non-hydrogen) atoms. The molecule has 2 atom stereocenters. The van der Waals surface area contributed by atoms with Crippen molar-refractivity contribution in [3.05, 3.63) is 66.4 Å². The minimum atomic E-state index is -0.0742. The van der Waals surface area contributed by atoms with Crippen LogP contribution in [0.2, 0.25) is 0 Å². The molecule has 2 aliphatic rings. The summed E-state index contributed by atoms with van der Waals surface area (Å²) in [5.74, 6) is 0.907. The summed E-state index contributed by atoms with van der Waals surface area (Å²) in [4.78, 5) is 25.7. The van der Waals surface area contributed by atoms with E-state index >= 15 is 0 Å². The number of fused-ring (bicyclic) bond motifs is 4. The van der Waals surface area contributed by atoms with E-state index in [2.05, 4.69) is 20.0 Å². The molecule has 170 valence electrons. The minimum Gasteiger partial charge on any atom is -0.464 e. The first kappa shape index (κ1) is 19.7. The Morgan fingerprint density at radius 1 is 1.18 bits per heavy atom. The number of carbonyl (C=O) groups is 1. The van der Waals surface area contributed by atoms with Crippen LogP contribution in [0, 0.1) is 0 Å². The van der Waals surface area contributed by atoms with Crippen LogP contribution in [0.5, 0.6) is 10.9 Å². The van der Waals surface area contributed by atoms with Gasteiger partial charge in [0.2, 0.25) is 5.76 Å². The Balaban J connectivity index is 1.05. The van der Waals surface area contributed by atoms with Crippen LogP contribution in [0.3, 0.4) is 0 Å². The fourth-order valence-corrected chi connectivity index (χ4v) is 5.82. The molecule has 1 amide bonds. The topological polar surface area (TPSA) is 97.7 Å². The molecule has 7 rings (SSSR count). The molecule has 4 aromatic heterocycles. The van der Waals surface area contributed by atoms with Crippen molar-refractivity contribution in [3.63, 3.8) is 0 Å². The molecule has 0 saturated carbocycles. The smallest absolute Gasteiger partial charge is 0.292 e. The second kappa shape index (κ2) is 7.64. The van der Waals surface area contributed by atoms with Gasteiger partial charge in [-0.3, -0.25) is 9.69 Å². The van der Waals surface area contributed by atoms with Crippen LogP contribution < -0.4 is 4.74 Å². The first-order valence-corrected chi connectivity index (χ1v) is 11.9. The summed E-state index contributed by atoms with van der Waals surface area (Å²) in [5, 5.41) is 5.27. The highest BCUT2D eigenvalue weighted by Gasteiger charge is 2.46. The van der Waals surface area contributed by atoms with E-state index in [-0.39, 0.29) is 11.9 Å². The fraction of sp³-hybridized carbons (Fsp3) is 0.250. The molecule has 2 unspecified atom stereocenters. The number of benzene rings is 1. The number of piperazine rings is 1. The van der Waals surface area contributed by atoms with E-state index < -0.39 is 0 Å².